The average molecular weight is 364 g/mol. The van der Waals surface area contributed by atoms with Gasteiger partial charge in [0.05, 0.1) is 12.9 Å². The molecule has 0 aliphatic carbocycles. The second-order valence-corrected chi connectivity index (χ2v) is 5.16. The number of hydrogen-bond acceptors (Lipinski definition) is 8. The van der Waals surface area contributed by atoms with Gasteiger partial charge in [-0.3, -0.25) is 14.3 Å². The van der Waals surface area contributed by atoms with Crippen LogP contribution in [-0.4, -0.2) is 59.8 Å². The largest absolute Gasteiger partial charge is 0.394 e. The fourth-order valence-electron chi connectivity index (χ4n) is 2.20. The number of fused-ring (bicyclic) bond motifs is 1. The zero-order valence-electron chi connectivity index (χ0n) is 10.7. The second-order valence-electron chi connectivity index (χ2n) is 4.41. The average Bonchev–Trinajstić information content (AvgIpc) is 2.93. The van der Waals surface area contributed by atoms with Gasteiger partial charge in [-0.15, -0.1) is 0 Å². The summed E-state index contributed by atoms with van der Waals surface area (Å²) in [5.74, 6) is 0. The molecular formula is C10H14BrN5O5. The van der Waals surface area contributed by atoms with E-state index in [9.17, 15) is 15.0 Å². The Morgan fingerprint density at radius 1 is 1.43 bits per heavy atom. The monoisotopic (exact) mass is 363 g/mol. The molecule has 10 nitrogen and oxygen atoms in total. The zero-order valence-corrected chi connectivity index (χ0v) is 12.3. The smallest absolute Gasteiger partial charge is 0.279 e. The lowest BCUT2D eigenvalue weighted by molar-refractivity contribution is -0.0511. The minimum Gasteiger partial charge on any atom is -0.394 e. The molecule has 0 bridgehead atoms. The van der Waals surface area contributed by atoms with Crippen molar-refractivity contribution < 1.29 is 20.1 Å². The van der Waals surface area contributed by atoms with Crippen LogP contribution in [0.3, 0.4) is 0 Å². The van der Waals surface area contributed by atoms with E-state index in [1.807, 2.05) is 0 Å². The Morgan fingerprint density at radius 2 is 2.14 bits per heavy atom. The number of aromatic nitrogens is 4. The molecule has 11 heteroatoms. The van der Waals surface area contributed by atoms with Crippen molar-refractivity contribution in [2.24, 2.45) is 0 Å². The molecule has 0 spiro atoms. The van der Waals surface area contributed by atoms with Gasteiger partial charge in [0.2, 0.25) is 0 Å². The number of nitrogens with one attached hydrogen (secondary N) is 1. The van der Waals surface area contributed by atoms with Gasteiger partial charge in [0.1, 0.15) is 18.3 Å². The highest BCUT2D eigenvalue weighted by Gasteiger charge is 2.44. The van der Waals surface area contributed by atoms with E-state index < -0.39 is 36.7 Å². The number of hydrogen-bond donors (Lipinski definition) is 5. The quantitative estimate of drug-likeness (QED) is 0.408. The zero-order chi connectivity index (χ0) is 14.4. The van der Waals surface area contributed by atoms with E-state index in [1.165, 1.54) is 10.9 Å². The highest BCUT2D eigenvalue weighted by Crippen LogP contribution is 2.30. The summed E-state index contributed by atoms with van der Waals surface area (Å²) in [6, 6.07) is 0. The van der Waals surface area contributed by atoms with Gasteiger partial charge < -0.3 is 26.2 Å². The first-order valence-corrected chi connectivity index (χ1v) is 6.57. The Balaban J connectivity index is 0.00000161. The molecule has 0 aromatic carbocycles. The standard InChI is InChI=1S/C10H11BrN4O5.H3N/c11-10-13-7-4(8(19)14-10)12-2-15(7)9-6(18)5(17)3(1-16)20-9;/h2-3,5-6,9,16-18H,1H2,(H,13,14,19);1H3/t3-,5-,6-,9-;/m1./s1. The Hall–Kier alpha value is -1.37. The molecule has 7 N–H and O–H groups in total. The van der Waals surface area contributed by atoms with E-state index in [0.717, 1.165) is 0 Å². The van der Waals surface area contributed by atoms with Gasteiger partial charge in [-0.05, 0) is 15.9 Å². The van der Waals surface area contributed by atoms with Gasteiger partial charge in [-0.1, -0.05) is 0 Å². The van der Waals surface area contributed by atoms with Crippen LogP contribution < -0.4 is 11.7 Å². The normalized spacial score (nSPS) is 28.8. The lowest BCUT2D eigenvalue weighted by Crippen LogP contribution is -2.33. The van der Waals surface area contributed by atoms with E-state index in [4.69, 9.17) is 9.84 Å². The summed E-state index contributed by atoms with van der Waals surface area (Å²) in [6.45, 7) is -0.431. The fraction of sp³-hybridized carbons (Fsp3) is 0.500. The van der Waals surface area contributed by atoms with E-state index in [0.29, 0.717) is 0 Å². The van der Waals surface area contributed by atoms with Crippen molar-refractivity contribution in [1.82, 2.24) is 25.7 Å². The number of aromatic amines is 1. The van der Waals surface area contributed by atoms with Crippen LogP contribution in [0.4, 0.5) is 0 Å². The van der Waals surface area contributed by atoms with E-state index >= 15 is 0 Å². The van der Waals surface area contributed by atoms with E-state index in [2.05, 4.69) is 30.9 Å². The summed E-state index contributed by atoms with van der Waals surface area (Å²) in [6.07, 6.45) is -3.08. The number of H-pyrrole nitrogens is 1. The predicted octanol–water partition coefficient (Wildman–Crippen LogP) is -1.34. The number of nitrogens with zero attached hydrogens (tertiary/aromatic N) is 3. The van der Waals surface area contributed by atoms with Crippen LogP contribution >= 0.6 is 15.9 Å². The molecular weight excluding hydrogens is 350 g/mol. The number of rotatable bonds is 2. The molecule has 3 heterocycles. The summed E-state index contributed by atoms with van der Waals surface area (Å²) in [5.41, 5.74) is -0.145. The first-order valence-electron chi connectivity index (χ1n) is 5.77. The molecule has 4 atom stereocenters. The second kappa shape index (κ2) is 5.79. The van der Waals surface area contributed by atoms with Crippen molar-refractivity contribution >= 4 is 27.1 Å². The van der Waals surface area contributed by atoms with Crippen molar-refractivity contribution in [3.8, 4) is 0 Å². The third kappa shape index (κ3) is 2.47. The van der Waals surface area contributed by atoms with Gasteiger partial charge in [0.15, 0.2) is 22.1 Å². The first-order chi connectivity index (χ1) is 9.52. The summed E-state index contributed by atoms with van der Waals surface area (Å²) < 4.78 is 6.93. The van der Waals surface area contributed by atoms with Crippen LogP contribution in [0.2, 0.25) is 0 Å². The third-order valence-corrected chi connectivity index (χ3v) is 3.57. The highest BCUT2D eigenvalue weighted by atomic mass is 79.9. The Labute approximate surface area is 126 Å². The maximum Gasteiger partial charge on any atom is 0.279 e. The van der Waals surface area contributed by atoms with E-state index in [1.54, 1.807) is 0 Å². The molecule has 1 aliphatic rings. The molecule has 0 amide bonds. The number of aliphatic hydroxyl groups is 3. The topological polar surface area (TPSA) is 168 Å². The molecule has 0 unspecified atom stereocenters. The van der Waals surface area contributed by atoms with Gasteiger partial charge >= 0.3 is 0 Å². The van der Waals surface area contributed by atoms with E-state index in [-0.39, 0.29) is 22.0 Å². The van der Waals surface area contributed by atoms with Crippen molar-refractivity contribution in [2.45, 2.75) is 24.5 Å². The summed E-state index contributed by atoms with van der Waals surface area (Å²) in [4.78, 5) is 22.1. The first kappa shape index (κ1) is 16.0. The van der Waals surface area contributed by atoms with Crippen LogP contribution in [0.15, 0.2) is 15.9 Å². The molecule has 1 fully saturated rings. The number of imidazole rings is 1. The van der Waals surface area contributed by atoms with Crippen molar-refractivity contribution in [3.05, 3.63) is 21.4 Å². The number of aliphatic hydroxyl groups excluding tert-OH is 3. The molecule has 116 valence electrons. The molecule has 1 saturated heterocycles. The van der Waals surface area contributed by atoms with Crippen LogP contribution in [-0.2, 0) is 4.74 Å². The van der Waals surface area contributed by atoms with Gasteiger partial charge in [-0.25, -0.2) is 9.97 Å². The molecule has 2 aromatic heterocycles. The van der Waals surface area contributed by atoms with Gasteiger partial charge in [0.25, 0.3) is 5.56 Å². The Kier molecular flexibility index (Phi) is 4.41. The lowest BCUT2D eigenvalue weighted by atomic mass is 10.1. The molecule has 21 heavy (non-hydrogen) atoms. The number of ether oxygens (including phenoxy) is 1. The van der Waals surface area contributed by atoms with Crippen molar-refractivity contribution in [1.29, 1.82) is 0 Å². The molecule has 2 aromatic rings. The molecule has 0 saturated carbocycles. The van der Waals surface area contributed by atoms with Crippen molar-refractivity contribution in [2.75, 3.05) is 6.61 Å². The highest BCUT2D eigenvalue weighted by molar-refractivity contribution is 9.10. The molecule has 1 aliphatic heterocycles. The van der Waals surface area contributed by atoms with Crippen LogP contribution in [0.25, 0.3) is 11.2 Å². The summed E-state index contributed by atoms with van der Waals surface area (Å²) in [5, 5.41) is 28.8. The van der Waals surface area contributed by atoms with Crippen LogP contribution in [0, 0.1) is 0 Å². The molecule has 0 radical (unpaired) electrons. The minimum absolute atomic E-state index is 0. The summed E-state index contributed by atoms with van der Waals surface area (Å²) in [7, 11) is 0. The third-order valence-electron chi connectivity index (χ3n) is 3.19. The van der Waals surface area contributed by atoms with Crippen LogP contribution in [0.5, 0.6) is 0 Å². The maximum atomic E-state index is 11.7. The SMILES string of the molecule is N.O=c1[nH]c(Br)nc2c1ncn2[C@@H]1O[C@H](CO)[C@@H](O)[C@H]1O. The predicted molar refractivity (Wildman–Crippen MR) is 73.9 cm³/mol. The lowest BCUT2D eigenvalue weighted by Gasteiger charge is -2.16. The Morgan fingerprint density at radius 3 is 2.76 bits per heavy atom. The molecule has 3 rings (SSSR count). The Bertz CT molecular complexity index is 703. The van der Waals surface area contributed by atoms with Crippen molar-refractivity contribution in [3.63, 3.8) is 0 Å². The van der Waals surface area contributed by atoms with Crippen LogP contribution in [0.1, 0.15) is 6.23 Å². The maximum absolute atomic E-state index is 11.7. The fourth-order valence-corrected chi connectivity index (χ4v) is 2.54. The van der Waals surface area contributed by atoms with Gasteiger partial charge in [-0.2, -0.15) is 0 Å². The summed E-state index contributed by atoms with van der Waals surface area (Å²) >= 11 is 3.06. The number of halogens is 1. The van der Waals surface area contributed by atoms with Gasteiger partial charge in [0, 0.05) is 0 Å². The minimum atomic E-state index is -1.26.